The van der Waals surface area contributed by atoms with E-state index in [4.69, 9.17) is 4.74 Å². The fourth-order valence-corrected chi connectivity index (χ4v) is 1.68. The number of benzene rings is 2. The molecule has 0 bridgehead atoms. The van der Waals surface area contributed by atoms with Crippen LogP contribution in [0.2, 0.25) is 0 Å². The van der Waals surface area contributed by atoms with Crippen molar-refractivity contribution in [1.82, 2.24) is 5.32 Å². The molecule has 0 atom stereocenters. The van der Waals surface area contributed by atoms with Crippen LogP contribution in [-0.2, 0) is 6.54 Å². The van der Waals surface area contributed by atoms with Gasteiger partial charge in [-0.3, -0.25) is 0 Å². The van der Waals surface area contributed by atoms with Crippen molar-refractivity contribution in [2.24, 2.45) is 0 Å². The van der Waals surface area contributed by atoms with Crippen molar-refractivity contribution in [1.29, 1.82) is 0 Å². The zero-order valence-electron chi connectivity index (χ0n) is 10.5. The fourth-order valence-electron chi connectivity index (χ4n) is 1.68. The normalized spacial score (nSPS) is 10.7. The molecule has 0 saturated heterocycles. The molecule has 0 amide bonds. The van der Waals surface area contributed by atoms with Crippen LogP contribution in [0.4, 0.5) is 17.6 Å². The Morgan fingerprint density at radius 2 is 1.60 bits per heavy atom. The number of hydrogen-bond donors (Lipinski definition) is 1. The summed E-state index contributed by atoms with van der Waals surface area (Å²) in [7, 11) is 1.63. The predicted octanol–water partition coefficient (Wildman–Crippen LogP) is 3.75. The lowest BCUT2D eigenvalue weighted by Crippen LogP contribution is -2.06. The lowest BCUT2D eigenvalue weighted by Gasteiger charge is -2.10. The van der Waals surface area contributed by atoms with E-state index >= 15 is 0 Å². The van der Waals surface area contributed by atoms with E-state index in [1.807, 2.05) is 0 Å². The summed E-state index contributed by atoms with van der Waals surface area (Å²) in [5.74, 6) is -5.00. The molecule has 2 rings (SSSR count). The zero-order chi connectivity index (χ0) is 14.7. The Hall–Kier alpha value is -2.08. The highest BCUT2D eigenvalue weighted by molar-refractivity contribution is 5.36. The monoisotopic (exact) mass is 285 g/mol. The van der Waals surface area contributed by atoms with E-state index in [2.05, 4.69) is 5.32 Å². The van der Waals surface area contributed by atoms with Crippen LogP contribution in [-0.4, -0.2) is 7.05 Å². The minimum Gasteiger partial charge on any atom is -0.448 e. The quantitative estimate of drug-likeness (QED) is 0.864. The van der Waals surface area contributed by atoms with Gasteiger partial charge in [-0.2, -0.15) is 0 Å². The first-order valence-electron chi connectivity index (χ1n) is 5.76. The third-order valence-corrected chi connectivity index (χ3v) is 2.54. The van der Waals surface area contributed by atoms with Crippen molar-refractivity contribution in [2.75, 3.05) is 7.05 Å². The Morgan fingerprint density at radius 1 is 0.950 bits per heavy atom. The van der Waals surface area contributed by atoms with Gasteiger partial charge in [-0.1, -0.05) is 0 Å². The molecular weight excluding hydrogens is 274 g/mol. The topological polar surface area (TPSA) is 21.3 Å². The third kappa shape index (κ3) is 3.08. The van der Waals surface area contributed by atoms with E-state index in [0.717, 1.165) is 30.3 Å². The van der Waals surface area contributed by atoms with Gasteiger partial charge >= 0.3 is 0 Å². The van der Waals surface area contributed by atoms with Gasteiger partial charge < -0.3 is 10.1 Å². The van der Waals surface area contributed by atoms with E-state index < -0.39 is 34.8 Å². The summed E-state index contributed by atoms with van der Waals surface area (Å²) >= 11 is 0. The summed E-state index contributed by atoms with van der Waals surface area (Å²) in [5.41, 5.74) is 0.370. The van der Waals surface area contributed by atoms with Gasteiger partial charge in [0.25, 0.3) is 0 Å². The van der Waals surface area contributed by atoms with Crippen LogP contribution >= 0.6 is 0 Å². The molecule has 0 aromatic heterocycles. The summed E-state index contributed by atoms with van der Waals surface area (Å²) in [6.45, 7) is 0.266. The Kier molecular flexibility index (Phi) is 4.24. The first-order valence-corrected chi connectivity index (χ1v) is 5.76. The molecule has 106 valence electrons. The molecule has 0 unspecified atom stereocenters. The van der Waals surface area contributed by atoms with E-state index in [9.17, 15) is 17.6 Å². The molecule has 0 heterocycles. The predicted molar refractivity (Wildman–Crippen MR) is 65.6 cm³/mol. The van der Waals surface area contributed by atoms with Gasteiger partial charge in [-0.15, -0.1) is 0 Å². The molecule has 0 fully saturated rings. The molecule has 2 nitrogen and oxygen atoms in total. The largest absolute Gasteiger partial charge is 0.448 e. The molecule has 20 heavy (non-hydrogen) atoms. The second-order valence-electron chi connectivity index (χ2n) is 4.10. The van der Waals surface area contributed by atoms with Crippen molar-refractivity contribution in [2.45, 2.75) is 6.54 Å². The van der Waals surface area contributed by atoms with Crippen molar-refractivity contribution in [3.05, 3.63) is 59.2 Å². The minimum atomic E-state index is -0.987. The number of ether oxygens (including phenoxy) is 1. The molecule has 0 aliphatic heterocycles. The first kappa shape index (κ1) is 14.3. The highest BCUT2D eigenvalue weighted by Gasteiger charge is 2.16. The molecule has 0 saturated carbocycles. The average molecular weight is 285 g/mol. The number of nitrogens with one attached hydrogen (secondary N) is 1. The maximum atomic E-state index is 13.7. The van der Waals surface area contributed by atoms with Crippen LogP contribution in [0.3, 0.4) is 0 Å². The van der Waals surface area contributed by atoms with Gasteiger partial charge in [-0.05, 0) is 36.9 Å². The van der Waals surface area contributed by atoms with Gasteiger partial charge in [0, 0.05) is 12.6 Å². The first-order chi connectivity index (χ1) is 9.51. The molecule has 2 aromatic rings. The van der Waals surface area contributed by atoms with Crippen molar-refractivity contribution in [3.8, 4) is 11.5 Å². The Morgan fingerprint density at radius 3 is 2.20 bits per heavy atom. The van der Waals surface area contributed by atoms with Crippen molar-refractivity contribution >= 4 is 0 Å². The second kappa shape index (κ2) is 5.92. The maximum Gasteiger partial charge on any atom is 0.198 e. The van der Waals surface area contributed by atoms with Gasteiger partial charge in [0.15, 0.2) is 29.0 Å². The van der Waals surface area contributed by atoms with Gasteiger partial charge in [0.05, 0.1) is 0 Å². The summed E-state index contributed by atoms with van der Waals surface area (Å²) < 4.78 is 58.6. The van der Waals surface area contributed by atoms with Crippen LogP contribution in [0.25, 0.3) is 0 Å². The fraction of sp³-hybridized carbons (Fsp3) is 0.143. The number of halogens is 4. The molecular formula is C14H11F4NO. The van der Waals surface area contributed by atoms with E-state index in [0.29, 0.717) is 5.56 Å². The lowest BCUT2D eigenvalue weighted by molar-refractivity contribution is 0.383. The molecule has 0 aliphatic carbocycles. The minimum absolute atomic E-state index is 0.266. The standard InChI is InChI=1S/C14H11F4NO/c1-19-7-8-4-11(17)14(12(18)5-8)20-13-6-9(15)2-3-10(13)16/h2-6,19H,7H2,1H3. The van der Waals surface area contributed by atoms with E-state index in [1.165, 1.54) is 0 Å². The Labute approximate surface area is 113 Å². The lowest BCUT2D eigenvalue weighted by atomic mass is 10.2. The molecule has 0 radical (unpaired) electrons. The molecule has 2 aromatic carbocycles. The van der Waals surface area contributed by atoms with Gasteiger partial charge in [0.2, 0.25) is 0 Å². The molecule has 1 N–H and O–H groups in total. The van der Waals surface area contributed by atoms with Gasteiger partial charge in [-0.25, -0.2) is 17.6 Å². The number of rotatable bonds is 4. The number of hydrogen-bond acceptors (Lipinski definition) is 2. The second-order valence-corrected chi connectivity index (χ2v) is 4.10. The van der Waals surface area contributed by atoms with Crippen LogP contribution in [0, 0.1) is 23.3 Å². The summed E-state index contributed by atoms with van der Waals surface area (Å²) in [6.07, 6.45) is 0. The molecule has 0 spiro atoms. The third-order valence-electron chi connectivity index (χ3n) is 2.54. The smallest absolute Gasteiger partial charge is 0.198 e. The Bertz CT molecular complexity index is 608. The van der Waals surface area contributed by atoms with Crippen LogP contribution in [0.1, 0.15) is 5.56 Å². The average Bonchev–Trinajstić information content (AvgIpc) is 2.38. The van der Waals surface area contributed by atoms with E-state index in [1.54, 1.807) is 7.05 Å². The summed E-state index contributed by atoms with van der Waals surface area (Å²) in [5, 5.41) is 2.74. The van der Waals surface area contributed by atoms with Crippen LogP contribution in [0.15, 0.2) is 30.3 Å². The van der Waals surface area contributed by atoms with Crippen LogP contribution < -0.4 is 10.1 Å². The molecule has 6 heteroatoms. The highest BCUT2D eigenvalue weighted by Crippen LogP contribution is 2.30. The molecule has 0 aliphatic rings. The highest BCUT2D eigenvalue weighted by atomic mass is 19.1. The summed E-state index contributed by atoms with van der Waals surface area (Å²) in [4.78, 5) is 0. The van der Waals surface area contributed by atoms with Crippen LogP contribution in [0.5, 0.6) is 11.5 Å². The van der Waals surface area contributed by atoms with Crippen molar-refractivity contribution in [3.63, 3.8) is 0 Å². The summed E-state index contributed by atoms with van der Waals surface area (Å²) in [6, 6.07) is 4.54. The van der Waals surface area contributed by atoms with E-state index in [-0.39, 0.29) is 6.54 Å². The van der Waals surface area contributed by atoms with Gasteiger partial charge in [0.1, 0.15) is 5.82 Å². The van der Waals surface area contributed by atoms with Crippen molar-refractivity contribution < 1.29 is 22.3 Å². The zero-order valence-corrected chi connectivity index (χ0v) is 10.5. The SMILES string of the molecule is CNCc1cc(F)c(Oc2cc(F)ccc2F)c(F)c1. The Balaban J connectivity index is 2.36. The maximum absolute atomic E-state index is 13.7.